The topological polar surface area (TPSA) is 74.5 Å². The van der Waals surface area contributed by atoms with E-state index < -0.39 is 14.2 Å². The van der Waals surface area contributed by atoms with Crippen LogP contribution in [0.5, 0.6) is 11.8 Å². The van der Waals surface area contributed by atoms with Crippen molar-refractivity contribution in [1.82, 2.24) is 24.4 Å². The number of fused-ring (bicyclic) bond motifs is 1. The Hall–Kier alpha value is -2.56. The molecule has 0 bridgehead atoms. The molecule has 4 rings (SSSR count). The largest absolute Gasteiger partial charge is 0.480 e. The predicted molar refractivity (Wildman–Crippen MR) is 142 cm³/mol. The van der Waals surface area contributed by atoms with E-state index in [0.717, 1.165) is 35.5 Å². The second-order valence-corrected chi connectivity index (χ2v) is 16.6. The summed E-state index contributed by atoms with van der Waals surface area (Å²) in [6.45, 7) is 8.38. The third-order valence-corrected chi connectivity index (χ3v) is 7.75. The van der Waals surface area contributed by atoms with Gasteiger partial charge in [0.25, 0.3) is 0 Å². The van der Waals surface area contributed by atoms with Crippen molar-refractivity contribution in [3.8, 4) is 22.9 Å². The van der Waals surface area contributed by atoms with Crippen LogP contribution in [0.3, 0.4) is 0 Å². The van der Waals surface area contributed by atoms with Crippen molar-refractivity contribution in [3.05, 3.63) is 30.4 Å². The van der Waals surface area contributed by atoms with E-state index in [9.17, 15) is 4.39 Å². The first-order chi connectivity index (χ1) is 17.1. The summed E-state index contributed by atoms with van der Waals surface area (Å²) in [6.07, 6.45) is 4.90. The molecule has 36 heavy (non-hydrogen) atoms. The molecule has 0 aromatic carbocycles. The molecule has 1 fully saturated rings. The molecular weight excluding hydrogens is 477 g/mol. The number of pyridine rings is 1. The molecule has 1 aliphatic carbocycles. The Bertz CT molecular complexity index is 1180. The highest BCUT2D eigenvalue weighted by Gasteiger charge is 2.29. The maximum absolute atomic E-state index is 14.6. The maximum Gasteiger partial charge on any atom is 0.228 e. The van der Waals surface area contributed by atoms with E-state index >= 15 is 0 Å². The van der Waals surface area contributed by atoms with Crippen LogP contribution in [0.1, 0.15) is 18.5 Å². The van der Waals surface area contributed by atoms with Crippen molar-refractivity contribution in [3.63, 3.8) is 0 Å². The molecule has 10 heteroatoms. The standard InChI is InChI=1S/C26H38FN5O3Si/c1-31(2)14-18(27)13-19-7-10-21-22(15-32(24(21)30-19)17-34-11-12-36(4,5)6)23-25(33-3)28-16-29-26(23)35-20-8-9-20/h7,10,15-16,18,20H,8-9,11-14,17H2,1-6H3. The van der Waals surface area contributed by atoms with Gasteiger partial charge in [-0.25, -0.2) is 19.3 Å². The molecule has 0 amide bonds. The average molecular weight is 516 g/mol. The van der Waals surface area contributed by atoms with Gasteiger partial charge in [0.1, 0.15) is 36.5 Å². The Labute approximate surface area is 213 Å². The second-order valence-electron chi connectivity index (χ2n) is 11.0. The summed E-state index contributed by atoms with van der Waals surface area (Å²) in [4.78, 5) is 15.5. The Morgan fingerprint density at radius 1 is 1.17 bits per heavy atom. The van der Waals surface area contributed by atoms with Crippen LogP contribution in [-0.2, 0) is 17.9 Å². The number of nitrogens with zero attached hydrogens (tertiary/aromatic N) is 5. The number of ether oxygens (including phenoxy) is 3. The van der Waals surface area contributed by atoms with E-state index in [4.69, 9.17) is 19.2 Å². The van der Waals surface area contributed by atoms with Crippen LogP contribution >= 0.6 is 0 Å². The normalized spacial score (nSPS) is 15.0. The van der Waals surface area contributed by atoms with Crippen LogP contribution in [0.2, 0.25) is 25.7 Å². The fourth-order valence-corrected chi connectivity index (χ4v) is 4.77. The average Bonchev–Trinajstić information content (AvgIpc) is 3.55. The Morgan fingerprint density at radius 2 is 1.92 bits per heavy atom. The summed E-state index contributed by atoms with van der Waals surface area (Å²) < 4.78 is 34.4. The molecule has 0 N–H and O–H groups in total. The number of halogens is 1. The quantitative estimate of drug-likeness (QED) is 0.239. The summed E-state index contributed by atoms with van der Waals surface area (Å²) in [6, 6.07) is 4.95. The molecule has 1 saturated carbocycles. The number of rotatable bonds is 13. The third-order valence-electron chi connectivity index (χ3n) is 6.04. The summed E-state index contributed by atoms with van der Waals surface area (Å²) in [5, 5.41) is 0.893. The van der Waals surface area contributed by atoms with Gasteiger partial charge in [-0.1, -0.05) is 19.6 Å². The first-order valence-corrected chi connectivity index (χ1v) is 16.3. The number of alkyl halides is 1. The van der Waals surface area contributed by atoms with Crippen LogP contribution in [-0.4, -0.2) is 79.1 Å². The van der Waals surface area contributed by atoms with Gasteiger partial charge in [-0.3, -0.25) is 0 Å². The van der Waals surface area contributed by atoms with Crippen LogP contribution in [0, 0.1) is 0 Å². The van der Waals surface area contributed by atoms with Crippen LogP contribution < -0.4 is 9.47 Å². The predicted octanol–water partition coefficient (Wildman–Crippen LogP) is 4.80. The molecule has 0 radical (unpaired) electrons. The van der Waals surface area contributed by atoms with Gasteiger partial charge in [-0.2, -0.15) is 0 Å². The minimum absolute atomic E-state index is 0.171. The number of aromatic nitrogens is 4. The summed E-state index contributed by atoms with van der Waals surface area (Å²) in [7, 11) is 4.12. The van der Waals surface area contributed by atoms with Gasteiger partial charge in [0.2, 0.25) is 11.8 Å². The van der Waals surface area contributed by atoms with Crippen LogP contribution in [0.15, 0.2) is 24.7 Å². The molecule has 1 aliphatic rings. The molecule has 3 aromatic heterocycles. The molecule has 1 unspecified atom stereocenters. The minimum Gasteiger partial charge on any atom is -0.480 e. The molecule has 8 nitrogen and oxygen atoms in total. The van der Waals surface area contributed by atoms with Gasteiger partial charge < -0.3 is 23.7 Å². The summed E-state index contributed by atoms with van der Waals surface area (Å²) in [5.74, 6) is 0.945. The second kappa shape index (κ2) is 11.2. The summed E-state index contributed by atoms with van der Waals surface area (Å²) in [5.41, 5.74) is 2.99. The van der Waals surface area contributed by atoms with Gasteiger partial charge in [0.05, 0.1) is 7.11 Å². The lowest BCUT2D eigenvalue weighted by atomic mass is 10.1. The first-order valence-electron chi connectivity index (χ1n) is 12.6. The van der Waals surface area contributed by atoms with Gasteiger partial charge in [0, 0.05) is 50.5 Å². The highest BCUT2D eigenvalue weighted by molar-refractivity contribution is 6.76. The van der Waals surface area contributed by atoms with Crippen molar-refractivity contribution in [2.75, 3.05) is 34.4 Å². The van der Waals surface area contributed by atoms with E-state index in [2.05, 4.69) is 29.6 Å². The monoisotopic (exact) mass is 515 g/mol. The molecule has 3 heterocycles. The van der Waals surface area contributed by atoms with Gasteiger partial charge in [0.15, 0.2) is 0 Å². The van der Waals surface area contributed by atoms with Crippen molar-refractivity contribution < 1.29 is 18.6 Å². The molecule has 0 aliphatic heterocycles. The lowest BCUT2D eigenvalue weighted by molar-refractivity contribution is 0.0899. The highest BCUT2D eigenvalue weighted by atomic mass is 28.3. The van der Waals surface area contributed by atoms with Crippen molar-refractivity contribution in [1.29, 1.82) is 0 Å². The fraction of sp³-hybridized carbons (Fsp3) is 0.577. The Kier molecular flexibility index (Phi) is 8.26. The van der Waals surface area contributed by atoms with Gasteiger partial charge in [-0.05, 0) is 45.1 Å². The molecule has 0 spiro atoms. The highest BCUT2D eigenvalue weighted by Crippen LogP contribution is 2.42. The van der Waals surface area contributed by atoms with E-state index in [0.29, 0.717) is 42.9 Å². The zero-order chi connectivity index (χ0) is 25.9. The van der Waals surface area contributed by atoms with E-state index in [-0.39, 0.29) is 12.5 Å². The number of methoxy groups -OCH3 is 1. The molecular formula is C26H38FN5O3Si. The SMILES string of the molecule is COc1ncnc(OC2CC2)c1-c1cn(COCC[Si](C)(C)C)c2nc(CC(F)CN(C)C)ccc12. The zero-order valence-electron chi connectivity index (χ0n) is 22.3. The molecule has 1 atom stereocenters. The third kappa shape index (κ3) is 6.80. The van der Waals surface area contributed by atoms with Crippen LogP contribution in [0.25, 0.3) is 22.2 Å². The first kappa shape index (κ1) is 26.5. The van der Waals surface area contributed by atoms with Crippen LogP contribution in [0.4, 0.5) is 4.39 Å². The Balaban J connectivity index is 1.72. The summed E-state index contributed by atoms with van der Waals surface area (Å²) >= 11 is 0. The fourth-order valence-electron chi connectivity index (χ4n) is 4.02. The maximum atomic E-state index is 14.6. The van der Waals surface area contributed by atoms with Crippen molar-refractivity contribution in [2.24, 2.45) is 0 Å². The molecule has 196 valence electrons. The minimum atomic E-state index is -1.21. The lowest BCUT2D eigenvalue weighted by Gasteiger charge is -2.16. The van der Waals surface area contributed by atoms with Gasteiger partial charge >= 0.3 is 0 Å². The number of hydrogen-bond acceptors (Lipinski definition) is 7. The van der Waals surface area contributed by atoms with E-state index in [1.54, 1.807) is 7.11 Å². The molecule has 0 saturated heterocycles. The van der Waals surface area contributed by atoms with E-state index in [1.165, 1.54) is 6.33 Å². The van der Waals surface area contributed by atoms with Gasteiger partial charge in [-0.15, -0.1) is 0 Å². The van der Waals surface area contributed by atoms with E-state index in [1.807, 2.05) is 41.9 Å². The lowest BCUT2D eigenvalue weighted by Crippen LogP contribution is -2.24. The zero-order valence-corrected chi connectivity index (χ0v) is 23.3. The smallest absolute Gasteiger partial charge is 0.228 e. The Morgan fingerprint density at radius 3 is 2.58 bits per heavy atom. The molecule has 3 aromatic rings. The van der Waals surface area contributed by atoms with Crippen molar-refractivity contribution in [2.45, 2.75) is 64.0 Å². The number of hydrogen-bond donors (Lipinski definition) is 0. The van der Waals surface area contributed by atoms with Crippen molar-refractivity contribution >= 4 is 19.1 Å².